The lowest BCUT2D eigenvalue weighted by Crippen LogP contribution is -2.30. The van der Waals surface area contributed by atoms with E-state index in [0.717, 1.165) is 5.57 Å². The fourth-order valence-corrected chi connectivity index (χ4v) is 0.495. The molecule has 0 aliphatic rings. The van der Waals surface area contributed by atoms with Crippen LogP contribution in [-0.2, 0) is 0 Å². The molecule has 0 bridgehead atoms. The van der Waals surface area contributed by atoms with Crippen molar-refractivity contribution in [2.75, 3.05) is 6.54 Å². The first-order chi connectivity index (χ1) is 5.63. The van der Waals surface area contributed by atoms with Crippen LogP contribution in [0.25, 0.3) is 0 Å². The highest BCUT2D eigenvalue weighted by molar-refractivity contribution is 5.13. The second kappa shape index (κ2) is 9.96. The van der Waals surface area contributed by atoms with Gasteiger partial charge in [-0.1, -0.05) is 24.3 Å². The molecule has 4 N–H and O–H groups in total. The van der Waals surface area contributed by atoms with Crippen LogP contribution in [0.1, 0.15) is 13.8 Å². The Hall–Kier alpha value is -1.04. The quantitative estimate of drug-likeness (QED) is 0.486. The third-order valence-electron chi connectivity index (χ3n) is 1.22. The number of hydrogen-bond donors (Lipinski definition) is 2. The average molecular weight is 166 g/mol. The van der Waals surface area contributed by atoms with Crippen LogP contribution >= 0.6 is 0 Å². The number of allylic oxidation sites excluding steroid dienone is 2. The van der Waals surface area contributed by atoms with Gasteiger partial charge in [0.1, 0.15) is 0 Å². The highest BCUT2D eigenvalue weighted by atomic mass is 14.7. The van der Waals surface area contributed by atoms with E-state index in [1.54, 1.807) is 13.0 Å². The molecule has 0 saturated heterocycles. The van der Waals surface area contributed by atoms with E-state index in [2.05, 4.69) is 18.9 Å². The van der Waals surface area contributed by atoms with Crippen LogP contribution in [0.2, 0.25) is 0 Å². The number of rotatable bonds is 3. The van der Waals surface area contributed by atoms with Crippen molar-refractivity contribution in [3.63, 3.8) is 0 Å². The van der Waals surface area contributed by atoms with E-state index in [1.165, 1.54) is 0 Å². The van der Waals surface area contributed by atoms with Crippen molar-refractivity contribution < 1.29 is 0 Å². The Balaban J connectivity index is 0. The average Bonchev–Trinajstić information content (AvgIpc) is 2.05. The summed E-state index contributed by atoms with van der Waals surface area (Å²) in [5, 5.41) is 0. The first-order valence-electron chi connectivity index (χ1n) is 3.76. The summed E-state index contributed by atoms with van der Waals surface area (Å²) in [6, 6.07) is -0.0111. The Labute approximate surface area is 75.3 Å². The van der Waals surface area contributed by atoms with Gasteiger partial charge in [0.2, 0.25) is 0 Å². The van der Waals surface area contributed by atoms with Gasteiger partial charge < -0.3 is 11.5 Å². The summed E-state index contributed by atoms with van der Waals surface area (Å²) >= 11 is 0. The summed E-state index contributed by atoms with van der Waals surface area (Å²) in [6.45, 7) is 7.64. The molecule has 1 unspecified atom stereocenters. The molecule has 2 heteroatoms. The van der Waals surface area contributed by atoms with E-state index in [9.17, 15) is 0 Å². The maximum absolute atomic E-state index is 5.56. The van der Waals surface area contributed by atoms with Crippen LogP contribution in [0, 0.1) is 12.3 Å². The van der Waals surface area contributed by atoms with E-state index in [0.29, 0.717) is 6.54 Å². The predicted octanol–water partition coefficient (Wildman–Crippen LogP) is 1.04. The number of hydrogen-bond acceptors (Lipinski definition) is 2. The van der Waals surface area contributed by atoms with Crippen molar-refractivity contribution in [2.24, 2.45) is 11.5 Å². The van der Waals surface area contributed by atoms with Crippen LogP contribution < -0.4 is 11.5 Å². The highest BCUT2D eigenvalue weighted by Crippen LogP contribution is 1.95. The SMILES string of the molecule is C#CC.C=C/C=C(\C)C(N)CN. The van der Waals surface area contributed by atoms with Crippen LogP contribution in [0.15, 0.2) is 24.3 Å². The lowest BCUT2D eigenvalue weighted by atomic mass is 10.1. The van der Waals surface area contributed by atoms with Gasteiger partial charge in [-0.25, -0.2) is 0 Å². The Bertz CT molecular complexity index is 175. The molecule has 0 fully saturated rings. The molecule has 0 amide bonds. The zero-order valence-electron chi connectivity index (χ0n) is 7.88. The summed E-state index contributed by atoms with van der Waals surface area (Å²) in [7, 11) is 0. The minimum Gasteiger partial charge on any atom is -0.329 e. The van der Waals surface area contributed by atoms with Gasteiger partial charge in [-0.15, -0.1) is 12.3 Å². The lowest BCUT2D eigenvalue weighted by molar-refractivity contribution is 0.777. The van der Waals surface area contributed by atoms with Gasteiger partial charge in [-0.3, -0.25) is 0 Å². The Kier molecular flexibility index (Phi) is 11.2. The topological polar surface area (TPSA) is 52.0 Å². The smallest absolute Gasteiger partial charge is 0.0378 e. The van der Waals surface area contributed by atoms with Gasteiger partial charge >= 0.3 is 0 Å². The second-order valence-corrected chi connectivity index (χ2v) is 2.28. The largest absolute Gasteiger partial charge is 0.329 e. The van der Waals surface area contributed by atoms with Gasteiger partial charge in [-0.05, 0) is 13.8 Å². The fourth-order valence-electron chi connectivity index (χ4n) is 0.495. The van der Waals surface area contributed by atoms with Crippen molar-refractivity contribution in [2.45, 2.75) is 19.9 Å². The Morgan fingerprint density at radius 2 is 2.17 bits per heavy atom. The second-order valence-electron chi connectivity index (χ2n) is 2.28. The van der Waals surface area contributed by atoms with Gasteiger partial charge in [-0.2, -0.15) is 0 Å². The first kappa shape index (κ1) is 13.5. The highest BCUT2D eigenvalue weighted by Gasteiger charge is 1.97. The molecule has 12 heavy (non-hydrogen) atoms. The molecule has 0 aliphatic heterocycles. The summed E-state index contributed by atoms with van der Waals surface area (Å²) in [5.41, 5.74) is 11.9. The Morgan fingerprint density at radius 1 is 1.75 bits per heavy atom. The minimum atomic E-state index is -0.0111. The molecule has 0 aromatic rings. The van der Waals surface area contributed by atoms with Crippen LogP contribution in [0.4, 0.5) is 0 Å². The van der Waals surface area contributed by atoms with E-state index in [-0.39, 0.29) is 6.04 Å². The molecule has 0 rings (SSSR count). The first-order valence-corrected chi connectivity index (χ1v) is 3.76. The normalized spacial score (nSPS) is 12.1. The van der Waals surface area contributed by atoms with E-state index < -0.39 is 0 Å². The standard InChI is InChI=1S/C7H14N2.C3H4/c1-3-4-6(2)7(9)5-8;1-3-2/h3-4,7H,1,5,8-9H2,2H3;1H,2H3/b6-4+;. The van der Waals surface area contributed by atoms with Gasteiger partial charge in [0, 0.05) is 12.6 Å². The van der Waals surface area contributed by atoms with E-state index in [4.69, 9.17) is 11.5 Å². The Morgan fingerprint density at radius 3 is 2.42 bits per heavy atom. The molecule has 1 atom stereocenters. The number of terminal acetylenes is 1. The zero-order valence-corrected chi connectivity index (χ0v) is 7.88. The minimum absolute atomic E-state index is 0.0111. The summed E-state index contributed by atoms with van der Waals surface area (Å²) in [5.74, 6) is 2.25. The third kappa shape index (κ3) is 8.96. The zero-order chi connectivity index (χ0) is 9.98. The molecule has 0 spiro atoms. The van der Waals surface area contributed by atoms with E-state index in [1.807, 2.05) is 13.0 Å². The maximum atomic E-state index is 5.56. The van der Waals surface area contributed by atoms with E-state index >= 15 is 0 Å². The molecule has 2 nitrogen and oxygen atoms in total. The summed E-state index contributed by atoms with van der Waals surface area (Å²) in [4.78, 5) is 0. The van der Waals surface area contributed by atoms with Crippen molar-refractivity contribution >= 4 is 0 Å². The van der Waals surface area contributed by atoms with Crippen LogP contribution in [-0.4, -0.2) is 12.6 Å². The molecule has 0 heterocycles. The predicted molar refractivity (Wildman–Crippen MR) is 55.5 cm³/mol. The van der Waals surface area contributed by atoms with Crippen LogP contribution in [0.3, 0.4) is 0 Å². The molecular weight excluding hydrogens is 148 g/mol. The summed E-state index contributed by atoms with van der Waals surface area (Å²) in [6.07, 6.45) is 8.18. The van der Waals surface area contributed by atoms with Crippen LogP contribution in [0.5, 0.6) is 0 Å². The third-order valence-corrected chi connectivity index (χ3v) is 1.22. The molecule has 0 aliphatic carbocycles. The monoisotopic (exact) mass is 166 g/mol. The van der Waals surface area contributed by atoms with Crippen molar-refractivity contribution in [3.05, 3.63) is 24.3 Å². The maximum Gasteiger partial charge on any atom is 0.0378 e. The summed E-state index contributed by atoms with van der Waals surface area (Å²) < 4.78 is 0. The van der Waals surface area contributed by atoms with Gasteiger partial charge in [0.15, 0.2) is 0 Å². The van der Waals surface area contributed by atoms with Crippen molar-refractivity contribution in [1.82, 2.24) is 0 Å². The number of nitrogens with two attached hydrogens (primary N) is 2. The molecule has 0 radical (unpaired) electrons. The van der Waals surface area contributed by atoms with Gasteiger partial charge in [0.05, 0.1) is 0 Å². The van der Waals surface area contributed by atoms with Gasteiger partial charge in [0.25, 0.3) is 0 Å². The molecule has 68 valence electrons. The molecule has 0 saturated carbocycles. The lowest BCUT2D eigenvalue weighted by Gasteiger charge is -2.06. The molecule has 0 aromatic heterocycles. The molecular formula is C10H18N2. The van der Waals surface area contributed by atoms with Crippen molar-refractivity contribution in [3.8, 4) is 12.3 Å². The van der Waals surface area contributed by atoms with Crippen molar-refractivity contribution in [1.29, 1.82) is 0 Å². The fraction of sp³-hybridized carbons (Fsp3) is 0.400. The molecule has 0 aromatic carbocycles.